The summed E-state index contributed by atoms with van der Waals surface area (Å²) in [6, 6.07) is 0. The van der Waals surface area contributed by atoms with Gasteiger partial charge in [-0.25, -0.2) is 4.57 Å². The van der Waals surface area contributed by atoms with E-state index in [-0.39, 0.29) is 32.6 Å². The number of hydrogen-bond acceptors (Lipinski definition) is 8. The molecular weight excluding hydrogens is 1050 g/mol. The minimum absolute atomic E-state index is 0.0369. The highest BCUT2D eigenvalue weighted by Gasteiger charge is 2.26. The molecule has 0 aliphatic rings. The summed E-state index contributed by atoms with van der Waals surface area (Å²) in [5.74, 6) is -0.879. The standard InChI is InChI=1S/C73H114NO8P/c1-3-5-7-9-11-13-15-17-19-21-23-25-27-29-31-33-35-37-39-41-43-45-47-49-51-53-55-57-59-61-63-65-72(75)79-69-71(70-81-83(77,78)80-68-67-74)82-73(76)66-64-62-60-58-56-54-52-50-48-46-44-42-40-38-36-34-32-30-28-26-24-22-20-18-16-14-12-10-8-6-4-2/h5-8,11-14,17-20,23-26,29-32,35-38,41-44,47-50,71H,3-4,9-10,15-16,21-22,27-28,33-34,39-40,45-46,51-70,74H2,1-2H3,(H,77,78)/b7-5-,8-6-,13-11-,14-12-,19-17-,20-18-,25-23-,26-24-,31-29-,32-30-,37-35-,38-36-,43-41-,44-42-,49-47-,50-48-. The molecule has 0 saturated carbocycles. The number of ether oxygens (including phenoxy) is 2. The number of phosphoric acid groups is 1. The maximum absolute atomic E-state index is 12.7. The molecule has 2 atom stereocenters. The van der Waals surface area contributed by atoms with Crippen LogP contribution in [0.5, 0.6) is 0 Å². The summed E-state index contributed by atoms with van der Waals surface area (Å²) in [6.45, 7) is 3.45. The molecule has 0 spiro atoms. The minimum atomic E-state index is -4.42. The van der Waals surface area contributed by atoms with Gasteiger partial charge in [-0.15, -0.1) is 0 Å². The van der Waals surface area contributed by atoms with Gasteiger partial charge in [0, 0.05) is 19.4 Å². The van der Waals surface area contributed by atoms with Crippen molar-refractivity contribution >= 4 is 19.8 Å². The number of allylic oxidation sites excluding steroid dienone is 32. The molecule has 0 fully saturated rings. The maximum atomic E-state index is 12.7. The highest BCUT2D eigenvalue weighted by atomic mass is 31.2. The third-order valence-corrected chi connectivity index (χ3v) is 13.5. The number of hydrogen-bond donors (Lipinski definition) is 2. The van der Waals surface area contributed by atoms with Gasteiger partial charge in [-0.2, -0.15) is 0 Å². The lowest BCUT2D eigenvalue weighted by Crippen LogP contribution is -2.29. The van der Waals surface area contributed by atoms with E-state index >= 15 is 0 Å². The Labute approximate surface area is 506 Å². The van der Waals surface area contributed by atoms with Gasteiger partial charge in [0.1, 0.15) is 6.61 Å². The van der Waals surface area contributed by atoms with Gasteiger partial charge in [0.15, 0.2) is 6.10 Å². The quantitative estimate of drug-likeness (QED) is 0.0264. The Kier molecular flexibility index (Phi) is 61.9. The molecule has 0 aromatic heterocycles. The van der Waals surface area contributed by atoms with Crippen LogP contribution < -0.4 is 5.73 Å². The van der Waals surface area contributed by atoms with Crippen molar-refractivity contribution in [1.82, 2.24) is 0 Å². The molecule has 2 unspecified atom stereocenters. The molecule has 9 nitrogen and oxygen atoms in total. The molecule has 3 N–H and O–H groups in total. The summed E-state index contributed by atoms with van der Waals surface area (Å²) in [6.07, 6.45) is 101. The van der Waals surface area contributed by atoms with E-state index in [9.17, 15) is 19.0 Å². The van der Waals surface area contributed by atoms with Crippen LogP contribution in [0.1, 0.15) is 219 Å². The van der Waals surface area contributed by atoms with Gasteiger partial charge in [0.25, 0.3) is 0 Å². The second-order valence-corrected chi connectivity index (χ2v) is 21.6. The topological polar surface area (TPSA) is 134 Å². The number of esters is 2. The fourth-order valence-corrected chi connectivity index (χ4v) is 8.61. The van der Waals surface area contributed by atoms with Crippen LogP contribution in [0, 0.1) is 0 Å². The van der Waals surface area contributed by atoms with E-state index in [2.05, 4.69) is 208 Å². The molecule has 464 valence electrons. The summed E-state index contributed by atoms with van der Waals surface area (Å²) < 4.78 is 33.1. The Morgan fingerprint density at radius 1 is 0.361 bits per heavy atom. The third kappa shape index (κ3) is 65.9. The summed E-state index contributed by atoms with van der Waals surface area (Å²) in [4.78, 5) is 35.3. The average molecular weight is 1160 g/mol. The van der Waals surface area contributed by atoms with Crippen molar-refractivity contribution in [2.45, 2.75) is 225 Å². The van der Waals surface area contributed by atoms with Crippen molar-refractivity contribution < 1.29 is 37.6 Å². The molecule has 0 rings (SSSR count). The predicted octanol–water partition coefficient (Wildman–Crippen LogP) is 21.0. The van der Waals surface area contributed by atoms with Gasteiger partial charge < -0.3 is 20.1 Å². The van der Waals surface area contributed by atoms with Gasteiger partial charge in [0.2, 0.25) is 0 Å². The fourth-order valence-electron chi connectivity index (χ4n) is 7.84. The van der Waals surface area contributed by atoms with Gasteiger partial charge in [-0.05, 0) is 141 Å². The van der Waals surface area contributed by atoms with Crippen molar-refractivity contribution in [2.24, 2.45) is 5.73 Å². The summed E-state index contributed by atoms with van der Waals surface area (Å²) in [7, 11) is -4.42. The van der Waals surface area contributed by atoms with E-state index in [0.717, 1.165) is 180 Å². The van der Waals surface area contributed by atoms with Crippen LogP contribution in [0.3, 0.4) is 0 Å². The van der Waals surface area contributed by atoms with E-state index in [1.807, 2.05) is 0 Å². The van der Waals surface area contributed by atoms with Crippen molar-refractivity contribution in [1.29, 1.82) is 0 Å². The van der Waals surface area contributed by atoms with Crippen molar-refractivity contribution in [3.63, 3.8) is 0 Å². The zero-order valence-corrected chi connectivity index (χ0v) is 52.7. The first-order valence-electron chi connectivity index (χ1n) is 31.9. The number of phosphoric ester groups is 1. The molecule has 0 aromatic rings. The van der Waals surface area contributed by atoms with Crippen LogP contribution in [-0.2, 0) is 32.7 Å². The van der Waals surface area contributed by atoms with Gasteiger partial charge in [0.05, 0.1) is 13.2 Å². The Morgan fingerprint density at radius 3 is 0.928 bits per heavy atom. The lowest BCUT2D eigenvalue weighted by atomic mass is 10.1. The molecule has 0 heterocycles. The molecule has 0 aliphatic heterocycles. The molecule has 0 aliphatic carbocycles. The summed E-state index contributed by atoms with van der Waals surface area (Å²) in [5, 5.41) is 0. The Bertz CT molecular complexity index is 2060. The first kappa shape index (κ1) is 77.9. The van der Waals surface area contributed by atoms with Crippen LogP contribution >= 0.6 is 7.82 Å². The minimum Gasteiger partial charge on any atom is -0.462 e. The predicted molar refractivity (Wildman–Crippen MR) is 357 cm³/mol. The number of carbonyl (C=O) groups excluding carboxylic acids is 2. The molecule has 10 heteroatoms. The lowest BCUT2D eigenvalue weighted by Gasteiger charge is -2.19. The smallest absolute Gasteiger partial charge is 0.462 e. The highest BCUT2D eigenvalue weighted by Crippen LogP contribution is 2.43. The molecule has 0 saturated heterocycles. The van der Waals surface area contributed by atoms with Crippen LogP contribution in [-0.4, -0.2) is 49.3 Å². The largest absolute Gasteiger partial charge is 0.472 e. The molecule has 0 aromatic carbocycles. The van der Waals surface area contributed by atoms with Crippen molar-refractivity contribution in [2.75, 3.05) is 26.4 Å². The Hall–Kier alpha value is -5.15. The van der Waals surface area contributed by atoms with Gasteiger partial charge in [-0.1, -0.05) is 260 Å². The first-order chi connectivity index (χ1) is 40.8. The lowest BCUT2D eigenvalue weighted by molar-refractivity contribution is -0.161. The van der Waals surface area contributed by atoms with Crippen LogP contribution in [0.2, 0.25) is 0 Å². The fraction of sp³-hybridized carbons (Fsp3) is 0.534. The average Bonchev–Trinajstić information content (AvgIpc) is 3.48. The molecule has 0 radical (unpaired) electrons. The zero-order valence-electron chi connectivity index (χ0n) is 51.8. The number of carbonyl (C=O) groups is 2. The normalized spacial score (nSPS) is 14.3. The number of nitrogens with two attached hydrogens (primary N) is 1. The van der Waals surface area contributed by atoms with Crippen LogP contribution in [0.25, 0.3) is 0 Å². The van der Waals surface area contributed by atoms with Crippen LogP contribution in [0.4, 0.5) is 0 Å². The van der Waals surface area contributed by atoms with E-state index in [1.54, 1.807) is 0 Å². The molecular formula is C73H114NO8P. The number of unbranched alkanes of at least 4 members (excludes halogenated alkanes) is 12. The third-order valence-electron chi connectivity index (χ3n) is 12.5. The molecule has 0 bridgehead atoms. The first-order valence-corrected chi connectivity index (χ1v) is 33.4. The van der Waals surface area contributed by atoms with Crippen molar-refractivity contribution in [3.05, 3.63) is 194 Å². The van der Waals surface area contributed by atoms with E-state index in [1.165, 1.54) is 0 Å². The Morgan fingerprint density at radius 2 is 0.627 bits per heavy atom. The summed E-state index contributed by atoms with van der Waals surface area (Å²) >= 11 is 0. The zero-order chi connectivity index (χ0) is 60.1. The van der Waals surface area contributed by atoms with E-state index < -0.39 is 32.5 Å². The SMILES string of the molecule is CC/C=C\C/C=C\C/C=C\C/C=C\C/C=C\C/C=C\C/C=C\C/C=C\CCCCCCCCC(=O)OCC(COP(=O)(O)OCCN)OC(=O)CCCCCCCC/C=C\C/C=C\C/C=C\C/C=C\C/C=C\C/C=C\C/C=C\C/C=C\CC. The number of rotatable bonds is 57. The highest BCUT2D eigenvalue weighted by molar-refractivity contribution is 7.47. The van der Waals surface area contributed by atoms with Gasteiger partial charge in [-0.3, -0.25) is 18.6 Å². The van der Waals surface area contributed by atoms with Crippen LogP contribution in [0.15, 0.2) is 194 Å². The maximum Gasteiger partial charge on any atom is 0.472 e. The summed E-state index contributed by atoms with van der Waals surface area (Å²) in [5.41, 5.74) is 5.39. The Balaban J connectivity index is 4.10. The monoisotopic (exact) mass is 1160 g/mol. The molecule has 83 heavy (non-hydrogen) atoms. The van der Waals surface area contributed by atoms with Gasteiger partial charge >= 0.3 is 19.8 Å². The van der Waals surface area contributed by atoms with E-state index in [0.29, 0.717) is 12.8 Å². The second-order valence-electron chi connectivity index (χ2n) is 20.2. The second kappa shape index (κ2) is 66.0. The molecule has 0 amide bonds. The van der Waals surface area contributed by atoms with Crippen molar-refractivity contribution in [3.8, 4) is 0 Å². The van der Waals surface area contributed by atoms with E-state index in [4.69, 9.17) is 24.3 Å².